The maximum atomic E-state index is 14.1. The van der Waals surface area contributed by atoms with Gasteiger partial charge < -0.3 is 11.1 Å². The number of amides is 2. The van der Waals surface area contributed by atoms with Crippen LogP contribution in [0, 0.1) is 17.5 Å². The molecule has 2 aromatic heterocycles. The van der Waals surface area contributed by atoms with Crippen molar-refractivity contribution in [2.45, 2.75) is 25.2 Å². The number of hydrogen-bond donors (Lipinski definition) is 2. The van der Waals surface area contributed by atoms with Crippen molar-refractivity contribution in [3.05, 3.63) is 107 Å². The Labute approximate surface area is 217 Å². The van der Waals surface area contributed by atoms with Crippen molar-refractivity contribution in [1.82, 2.24) is 20.1 Å². The zero-order valence-electron chi connectivity index (χ0n) is 19.8. The molecule has 3 N–H and O–H groups in total. The number of primary amides is 1. The van der Waals surface area contributed by atoms with Crippen LogP contribution in [0.2, 0.25) is 0 Å². The number of alkyl halides is 3. The number of nitrogens with one attached hydrogen (secondary N) is 1. The van der Waals surface area contributed by atoms with Gasteiger partial charge in [0, 0.05) is 24.0 Å². The number of halogens is 6. The fourth-order valence-electron chi connectivity index (χ4n) is 3.99. The minimum absolute atomic E-state index is 0.143. The molecule has 7 nitrogen and oxygen atoms in total. The molecule has 1 atom stereocenters. The normalized spacial score (nSPS) is 12.3. The Bertz CT molecular complexity index is 1520. The quantitative estimate of drug-likeness (QED) is 0.315. The molecule has 0 aliphatic heterocycles. The van der Waals surface area contributed by atoms with Gasteiger partial charge in [0.1, 0.15) is 24.0 Å². The van der Waals surface area contributed by atoms with E-state index in [1.807, 2.05) is 0 Å². The van der Waals surface area contributed by atoms with E-state index >= 15 is 0 Å². The van der Waals surface area contributed by atoms with Gasteiger partial charge in [-0.25, -0.2) is 13.2 Å². The molecule has 13 heteroatoms. The van der Waals surface area contributed by atoms with Gasteiger partial charge in [-0.05, 0) is 47.9 Å². The monoisotopic (exact) mass is 547 g/mol. The number of nitrogens with zero attached hydrogens (tertiary/aromatic N) is 3. The highest BCUT2D eigenvalue weighted by atomic mass is 19.4. The van der Waals surface area contributed by atoms with Gasteiger partial charge in [0.25, 0.3) is 5.91 Å². The molecule has 0 bridgehead atoms. The lowest BCUT2D eigenvalue weighted by Crippen LogP contribution is -2.33. The van der Waals surface area contributed by atoms with E-state index in [0.29, 0.717) is 29.6 Å². The van der Waals surface area contributed by atoms with Crippen molar-refractivity contribution in [2.75, 3.05) is 0 Å². The van der Waals surface area contributed by atoms with E-state index in [1.54, 1.807) is 6.07 Å². The standard InChI is InChI=1S/C26H19F6N5O2/c27-17-6-14(7-18(28)10-17)8-22(36-23(38)13-37-12-16(11-35-37)26(30,31)32)24-19(2-1-5-34-24)15-3-4-21(29)20(9-15)25(33)39/h1-7,9-12,22H,8,13H2,(H2,33,39)(H,36,38)/t22-/m0/s1. The minimum Gasteiger partial charge on any atom is -0.366 e. The molecule has 39 heavy (non-hydrogen) atoms. The van der Waals surface area contributed by atoms with Crippen LogP contribution < -0.4 is 11.1 Å². The molecule has 2 aromatic carbocycles. The molecule has 0 aliphatic carbocycles. The molecule has 0 saturated carbocycles. The summed E-state index contributed by atoms with van der Waals surface area (Å²) in [4.78, 5) is 28.9. The van der Waals surface area contributed by atoms with Gasteiger partial charge in [0.05, 0.1) is 29.1 Å². The second-order valence-electron chi connectivity index (χ2n) is 8.52. The number of hydrogen-bond acceptors (Lipinski definition) is 4. The topological polar surface area (TPSA) is 103 Å². The van der Waals surface area contributed by atoms with E-state index < -0.39 is 59.2 Å². The predicted molar refractivity (Wildman–Crippen MR) is 126 cm³/mol. The van der Waals surface area contributed by atoms with Gasteiger partial charge in [0.2, 0.25) is 5.91 Å². The van der Waals surface area contributed by atoms with Gasteiger partial charge in [-0.2, -0.15) is 18.3 Å². The molecule has 0 aliphatic rings. The van der Waals surface area contributed by atoms with Crippen LogP contribution in [0.4, 0.5) is 26.3 Å². The molecule has 4 rings (SSSR count). The lowest BCUT2D eigenvalue weighted by atomic mass is 9.94. The van der Waals surface area contributed by atoms with Gasteiger partial charge in [-0.15, -0.1) is 0 Å². The fourth-order valence-corrected chi connectivity index (χ4v) is 3.99. The molecule has 0 radical (unpaired) electrons. The van der Waals surface area contributed by atoms with E-state index in [1.165, 1.54) is 24.4 Å². The highest BCUT2D eigenvalue weighted by Crippen LogP contribution is 2.31. The molecule has 0 saturated heterocycles. The number of benzene rings is 2. The molecular weight excluding hydrogens is 528 g/mol. The number of carbonyl (C=O) groups excluding carboxylic acids is 2. The summed E-state index contributed by atoms with van der Waals surface area (Å²) >= 11 is 0. The Balaban J connectivity index is 1.71. The average molecular weight is 547 g/mol. The molecule has 202 valence electrons. The summed E-state index contributed by atoms with van der Waals surface area (Å²) < 4.78 is 81.4. The highest BCUT2D eigenvalue weighted by Gasteiger charge is 2.32. The largest absolute Gasteiger partial charge is 0.419 e. The van der Waals surface area contributed by atoms with Crippen LogP contribution in [-0.2, 0) is 23.9 Å². The molecule has 0 unspecified atom stereocenters. The first-order valence-electron chi connectivity index (χ1n) is 11.3. The number of aromatic nitrogens is 3. The molecule has 0 fully saturated rings. The molecule has 4 aromatic rings. The van der Waals surface area contributed by atoms with Crippen LogP contribution in [0.5, 0.6) is 0 Å². The minimum atomic E-state index is -4.65. The Morgan fingerprint density at radius 2 is 1.74 bits per heavy atom. The number of rotatable bonds is 8. The summed E-state index contributed by atoms with van der Waals surface area (Å²) in [5.74, 6) is -4.37. The first-order chi connectivity index (χ1) is 18.4. The zero-order valence-corrected chi connectivity index (χ0v) is 19.8. The second-order valence-corrected chi connectivity index (χ2v) is 8.52. The van der Waals surface area contributed by atoms with Crippen LogP contribution in [0.3, 0.4) is 0 Å². The summed E-state index contributed by atoms with van der Waals surface area (Å²) in [7, 11) is 0. The summed E-state index contributed by atoms with van der Waals surface area (Å²) in [5, 5.41) is 6.17. The second kappa shape index (κ2) is 11.0. The van der Waals surface area contributed by atoms with E-state index in [2.05, 4.69) is 15.4 Å². The molecule has 0 spiro atoms. The smallest absolute Gasteiger partial charge is 0.366 e. The molecule has 2 amide bonds. The first-order valence-corrected chi connectivity index (χ1v) is 11.3. The Morgan fingerprint density at radius 1 is 1.03 bits per heavy atom. The molecule has 2 heterocycles. The van der Waals surface area contributed by atoms with E-state index in [0.717, 1.165) is 22.9 Å². The predicted octanol–water partition coefficient (Wildman–Crippen LogP) is 4.58. The fraction of sp³-hybridized carbons (Fsp3) is 0.154. The Kier molecular flexibility index (Phi) is 7.70. The third-order valence-corrected chi connectivity index (χ3v) is 5.67. The summed E-state index contributed by atoms with van der Waals surface area (Å²) in [6.45, 7) is -0.603. The summed E-state index contributed by atoms with van der Waals surface area (Å²) in [5.41, 5.74) is 4.77. The Morgan fingerprint density at radius 3 is 2.38 bits per heavy atom. The van der Waals surface area contributed by atoms with Crippen molar-refractivity contribution in [1.29, 1.82) is 0 Å². The average Bonchev–Trinajstić information content (AvgIpc) is 3.32. The maximum Gasteiger partial charge on any atom is 0.419 e. The lowest BCUT2D eigenvalue weighted by Gasteiger charge is -2.22. The van der Waals surface area contributed by atoms with Crippen LogP contribution in [0.25, 0.3) is 11.1 Å². The van der Waals surface area contributed by atoms with E-state index in [-0.39, 0.29) is 17.7 Å². The third kappa shape index (κ3) is 6.61. The van der Waals surface area contributed by atoms with Crippen molar-refractivity contribution < 1.29 is 35.9 Å². The van der Waals surface area contributed by atoms with E-state index in [4.69, 9.17) is 5.73 Å². The van der Waals surface area contributed by atoms with Gasteiger partial charge in [0.15, 0.2) is 0 Å². The summed E-state index contributed by atoms with van der Waals surface area (Å²) in [6.07, 6.45) is -2.22. The van der Waals surface area contributed by atoms with Crippen molar-refractivity contribution in [3.8, 4) is 11.1 Å². The van der Waals surface area contributed by atoms with Crippen molar-refractivity contribution >= 4 is 11.8 Å². The Hall–Kier alpha value is -4.68. The third-order valence-electron chi connectivity index (χ3n) is 5.67. The number of nitrogens with two attached hydrogens (primary N) is 1. The zero-order chi connectivity index (χ0) is 28.3. The maximum absolute atomic E-state index is 14.1. The van der Waals surface area contributed by atoms with Gasteiger partial charge in [-0.3, -0.25) is 19.3 Å². The SMILES string of the molecule is NC(=O)c1cc(-c2cccnc2[C@H](Cc2cc(F)cc(F)c2)NC(=O)Cn2cc(C(F)(F)F)cn2)ccc1F. The van der Waals surface area contributed by atoms with Crippen LogP contribution in [0.15, 0.2) is 67.1 Å². The number of pyridine rings is 1. The van der Waals surface area contributed by atoms with Crippen LogP contribution in [0.1, 0.15) is 33.2 Å². The van der Waals surface area contributed by atoms with E-state index in [9.17, 15) is 35.9 Å². The first kappa shape index (κ1) is 27.4. The van der Waals surface area contributed by atoms with Crippen LogP contribution in [-0.4, -0.2) is 26.6 Å². The van der Waals surface area contributed by atoms with Crippen molar-refractivity contribution in [2.24, 2.45) is 5.73 Å². The summed E-state index contributed by atoms with van der Waals surface area (Å²) in [6, 6.07) is 8.39. The van der Waals surface area contributed by atoms with Crippen LogP contribution >= 0.6 is 0 Å². The molecular formula is C26H19F6N5O2. The highest BCUT2D eigenvalue weighted by molar-refractivity contribution is 5.94. The lowest BCUT2D eigenvalue weighted by molar-refractivity contribution is -0.137. The van der Waals surface area contributed by atoms with Gasteiger partial charge >= 0.3 is 6.18 Å². The van der Waals surface area contributed by atoms with Gasteiger partial charge in [-0.1, -0.05) is 12.1 Å². The van der Waals surface area contributed by atoms with Crippen molar-refractivity contribution in [3.63, 3.8) is 0 Å². The number of carbonyl (C=O) groups is 2.